The molecule has 0 fully saturated rings. The molecule has 1 heterocycles. The number of para-hydroxylation sites is 1. The Morgan fingerprint density at radius 3 is 2.39 bits per heavy atom. The average Bonchev–Trinajstić information content (AvgIpc) is 2.43. The van der Waals surface area contributed by atoms with E-state index >= 15 is 0 Å². The molecule has 0 N–H and O–H groups in total. The van der Waals surface area contributed by atoms with Gasteiger partial charge < -0.3 is 9.30 Å². The first-order chi connectivity index (χ1) is 10.7. The molecule has 0 amide bonds. The van der Waals surface area contributed by atoms with E-state index in [1.807, 2.05) is 32.0 Å². The van der Waals surface area contributed by atoms with Crippen molar-refractivity contribution in [2.45, 2.75) is 33.0 Å². The summed E-state index contributed by atoms with van der Waals surface area (Å²) < 4.78 is 44.3. The zero-order chi connectivity index (χ0) is 17.2. The highest BCUT2D eigenvalue weighted by Gasteiger charge is 2.27. The number of hydrogen-bond donors (Lipinski definition) is 0. The molecule has 0 aliphatic rings. The second kappa shape index (κ2) is 6.78. The number of halogens is 4. The predicted octanol–water partition coefficient (Wildman–Crippen LogP) is 4.97. The number of rotatable bonds is 4. The summed E-state index contributed by atoms with van der Waals surface area (Å²) in [5, 5.41) is 0. The van der Waals surface area contributed by atoms with Crippen molar-refractivity contribution < 1.29 is 17.9 Å². The molecule has 0 radical (unpaired) electrons. The lowest BCUT2D eigenvalue weighted by atomic mass is 10.1. The monoisotopic (exact) mass is 389 g/mol. The fourth-order valence-corrected chi connectivity index (χ4v) is 2.48. The molecular formula is C16H15BrF3NO2. The molecule has 0 aliphatic heterocycles. The van der Waals surface area contributed by atoms with Crippen LogP contribution in [0.4, 0.5) is 13.2 Å². The lowest BCUT2D eigenvalue weighted by molar-refractivity contribution is -0.136. The van der Waals surface area contributed by atoms with Gasteiger partial charge in [-0.1, -0.05) is 18.2 Å². The molecule has 1 aromatic heterocycles. The number of benzene rings is 1. The van der Waals surface area contributed by atoms with Crippen LogP contribution in [0.25, 0.3) is 0 Å². The van der Waals surface area contributed by atoms with Crippen LogP contribution >= 0.6 is 15.9 Å². The van der Waals surface area contributed by atoms with Crippen LogP contribution in [0.5, 0.6) is 11.5 Å². The zero-order valence-electron chi connectivity index (χ0n) is 12.6. The summed E-state index contributed by atoms with van der Waals surface area (Å²) in [6.45, 7) is 3.30. The Kier molecular flexibility index (Phi) is 5.19. The molecule has 0 bridgehead atoms. The first-order valence-corrected chi connectivity index (χ1v) is 7.67. The van der Waals surface area contributed by atoms with E-state index in [0.717, 1.165) is 15.7 Å². The molecule has 3 nitrogen and oxygen atoms in total. The third-order valence-electron chi connectivity index (χ3n) is 3.30. The predicted molar refractivity (Wildman–Crippen MR) is 85.1 cm³/mol. The van der Waals surface area contributed by atoms with Crippen LogP contribution in [0.2, 0.25) is 0 Å². The summed E-state index contributed by atoms with van der Waals surface area (Å²) >= 11 is 3.22. The maximum Gasteiger partial charge on any atom is 0.390 e. The maximum absolute atomic E-state index is 12.3. The Labute approximate surface area is 139 Å². The van der Waals surface area contributed by atoms with E-state index in [2.05, 4.69) is 15.9 Å². The fourth-order valence-electron chi connectivity index (χ4n) is 2.10. The van der Waals surface area contributed by atoms with Gasteiger partial charge in [0.05, 0.1) is 17.1 Å². The largest absolute Gasteiger partial charge is 0.454 e. The highest BCUT2D eigenvalue weighted by atomic mass is 79.9. The van der Waals surface area contributed by atoms with Gasteiger partial charge in [0.15, 0.2) is 5.75 Å². The Hall–Kier alpha value is -1.76. The minimum atomic E-state index is -4.32. The minimum Gasteiger partial charge on any atom is -0.454 e. The van der Waals surface area contributed by atoms with Crippen molar-refractivity contribution in [1.82, 2.24) is 4.57 Å². The number of aryl methyl sites for hydroxylation is 3. The highest BCUT2D eigenvalue weighted by molar-refractivity contribution is 9.10. The van der Waals surface area contributed by atoms with E-state index < -0.39 is 24.7 Å². The molecule has 7 heteroatoms. The molecule has 2 aromatic rings. The Bertz CT molecular complexity index is 749. The Morgan fingerprint density at radius 2 is 1.83 bits per heavy atom. The van der Waals surface area contributed by atoms with Crippen LogP contribution in [-0.2, 0) is 6.54 Å². The topological polar surface area (TPSA) is 31.2 Å². The second-order valence-electron chi connectivity index (χ2n) is 5.21. The van der Waals surface area contributed by atoms with E-state index in [-0.39, 0.29) is 0 Å². The van der Waals surface area contributed by atoms with E-state index in [1.54, 1.807) is 0 Å². The molecule has 0 unspecified atom stereocenters. The zero-order valence-corrected chi connectivity index (χ0v) is 14.2. The van der Waals surface area contributed by atoms with Gasteiger partial charge in [0.2, 0.25) is 0 Å². The first kappa shape index (κ1) is 17.6. The lowest BCUT2D eigenvalue weighted by Crippen LogP contribution is -2.22. The minimum absolute atomic E-state index is 0.296. The van der Waals surface area contributed by atoms with Gasteiger partial charge in [0, 0.05) is 12.6 Å². The van der Waals surface area contributed by atoms with Crippen LogP contribution in [0.3, 0.4) is 0 Å². The van der Waals surface area contributed by atoms with Crippen molar-refractivity contribution in [2.24, 2.45) is 0 Å². The van der Waals surface area contributed by atoms with Gasteiger partial charge in [0.1, 0.15) is 5.75 Å². The number of ether oxygens (including phenoxy) is 1. The van der Waals surface area contributed by atoms with Gasteiger partial charge in [-0.15, -0.1) is 0 Å². The fraction of sp³-hybridized carbons (Fsp3) is 0.312. The van der Waals surface area contributed by atoms with Gasteiger partial charge in [-0.3, -0.25) is 4.79 Å². The van der Waals surface area contributed by atoms with Crippen molar-refractivity contribution in [3.05, 3.63) is 56.4 Å². The third kappa shape index (κ3) is 4.60. The number of pyridine rings is 1. The number of aromatic nitrogens is 1. The summed E-state index contributed by atoms with van der Waals surface area (Å²) in [4.78, 5) is 11.8. The molecule has 23 heavy (non-hydrogen) atoms. The molecule has 0 atom stereocenters. The number of nitrogens with zero attached hydrogens (tertiary/aromatic N) is 1. The van der Waals surface area contributed by atoms with Crippen LogP contribution < -0.4 is 10.3 Å². The number of hydrogen-bond acceptors (Lipinski definition) is 2. The Morgan fingerprint density at radius 1 is 1.22 bits per heavy atom. The number of alkyl halides is 3. The molecule has 124 valence electrons. The third-order valence-corrected chi connectivity index (χ3v) is 3.92. The molecule has 2 rings (SSSR count). The summed E-state index contributed by atoms with van der Waals surface area (Å²) in [5.74, 6) is 0.915. The van der Waals surface area contributed by atoms with Crippen molar-refractivity contribution in [3.63, 3.8) is 0 Å². The van der Waals surface area contributed by atoms with Gasteiger partial charge in [-0.2, -0.15) is 13.2 Å². The van der Waals surface area contributed by atoms with E-state index in [9.17, 15) is 18.0 Å². The summed E-state index contributed by atoms with van der Waals surface area (Å²) in [6.07, 6.45) is -4.10. The van der Waals surface area contributed by atoms with E-state index in [1.165, 1.54) is 12.3 Å². The highest BCUT2D eigenvalue weighted by Crippen LogP contribution is 2.32. The van der Waals surface area contributed by atoms with Gasteiger partial charge >= 0.3 is 6.18 Å². The average molecular weight is 390 g/mol. The molecule has 0 spiro atoms. The normalized spacial score (nSPS) is 11.6. The lowest BCUT2D eigenvalue weighted by Gasteiger charge is -2.15. The molecule has 0 saturated heterocycles. The van der Waals surface area contributed by atoms with Gasteiger partial charge in [-0.05, 0) is 40.9 Å². The standard InChI is InChI=1S/C16H15BrF3NO2/c1-10-4-3-5-11(2)15(10)23-13-9-21(7-6-16(18,19)20)14(22)8-12(13)17/h3-5,8-9H,6-7H2,1-2H3. The SMILES string of the molecule is Cc1cccc(C)c1Oc1cn(CCC(F)(F)F)c(=O)cc1Br. The molecular weight excluding hydrogens is 375 g/mol. The summed E-state index contributed by atoms with van der Waals surface area (Å²) in [7, 11) is 0. The molecule has 0 aliphatic carbocycles. The van der Waals surface area contributed by atoms with Gasteiger partial charge in [-0.25, -0.2) is 0 Å². The van der Waals surface area contributed by atoms with Crippen molar-refractivity contribution in [3.8, 4) is 11.5 Å². The smallest absolute Gasteiger partial charge is 0.390 e. The Balaban J connectivity index is 2.34. The van der Waals surface area contributed by atoms with Crippen LogP contribution in [0.1, 0.15) is 17.5 Å². The van der Waals surface area contributed by atoms with Crippen molar-refractivity contribution >= 4 is 15.9 Å². The van der Waals surface area contributed by atoms with Crippen molar-refractivity contribution in [2.75, 3.05) is 0 Å². The van der Waals surface area contributed by atoms with E-state index in [0.29, 0.717) is 16.0 Å². The summed E-state index contributed by atoms with van der Waals surface area (Å²) in [5.41, 5.74) is 1.27. The van der Waals surface area contributed by atoms with Crippen LogP contribution in [0.15, 0.2) is 39.7 Å². The summed E-state index contributed by atoms with van der Waals surface area (Å²) in [6, 6.07) is 6.84. The quantitative estimate of drug-likeness (QED) is 0.738. The van der Waals surface area contributed by atoms with Crippen LogP contribution in [-0.4, -0.2) is 10.7 Å². The first-order valence-electron chi connectivity index (χ1n) is 6.88. The van der Waals surface area contributed by atoms with Crippen molar-refractivity contribution in [1.29, 1.82) is 0 Å². The molecule has 1 aromatic carbocycles. The van der Waals surface area contributed by atoms with Crippen LogP contribution in [0, 0.1) is 13.8 Å². The molecule has 0 saturated carbocycles. The maximum atomic E-state index is 12.3. The van der Waals surface area contributed by atoms with E-state index in [4.69, 9.17) is 4.74 Å². The van der Waals surface area contributed by atoms with Gasteiger partial charge in [0.25, 0.3) is 5.56 Å². The second-order valence-corrected chi connectivity index (χ2v) is 6.06.